The van der Waals surface area contributed by atoms with Crippen LogP contribution < -0.4 is 19.5 Å². The van der Waals surface area contributed by atoms with E-state index in [9.17, 15) is 24.2 Å². The first-order valence-electron chi connectivity index (χ1n) is 14.1. The number of piperidine rings is 1. The number of likely N-dealkylation sites (tertiary alicyclic amines) is 1. The molecular weight excluding hydrogens is 543 g/mol. The Bertz CT molecular complexity index is 1430. The minimum atomic E-state index is -1.20. The number of aliphatic hydroxyl groups is 1. The Balaban J connectivity index is 1.33. The van der Waals surface area contributed by atoms with Gasteiger partial charge in [-0.25, -0.2) is 14.0 Å². The van der Waals surface area contributed by atoms with Crippen LogP contribution in [0, 0.1) is 11.7 Å². The number of aliphatic carboxylic acids is 1. The monoisotopic (exact) mass is 578 g/mol. The highest BCUT2D eigenvalue weighted by molar-refractivity contribution is 5.90. The lowest BCUT2D eigenvalue weighted by molar-refractivity contribution is -0.147. The van der Waals surface area contributed by atoms with E-state index in [-0.39, 0.29) is 6.03 Å². The lowest BCUT2D eigenvalue weighted by Gasteiger charge is -2.39. The first-order chi connectivity index (χ1) is 20.0. The van der Waals surface area contributed by atoms with Gasteiger partial charge in [-0.3, -0.25) is 0 Å². The van der Waals surface area contributed by atoms with Gasteiger partial charge in [-0.05, 0) is 61.6 Å². The zero-order chi connectivity index (χ0) is 29.9. The number of carbonyl (C=O) groups is 2. The topological polar surface area (TPSA) is 118 Å². The van der Waals surface area contributed by atoms with Crippen molar-refractivity contribution in [1.82, 2.24) is 4.90 Å². The third kappa shape index (κ3) is 7.30. The number of halogens is 1. The van der Waals surface area contributed by atoms with Crippen LogP contribution in [0.2, 0.25) is 0 Å². The van der Waals surface area contributed by atoms with E-state index < -0.39 is 23.0 Å². The molecule has 3 N–H and O–H groups in total. The predicted octanol–water partition coefficient (Wildman–Crippen LogP) is 6.81. The van der Waals surface area contributed by atoms with E-state index in [1.54, 1.807) is 47.4 Å². The molecule has 5 rings (SSSR count). The second-order valence-corrected chi connectivity index (χ2v) is 11.5. The SMILES string of the molecule is CC(C)CC1(O)CCN(C(=O)Nc2cc(Oc3ccc(F)cc3)cc(Oc3cccc(OC4(C(=O)O)CC4)c3)c2)CC1. The van der Waals surface area contributed by atoms with Gasteiger partial charge in [0.15, 0.2) is 0 Å². The number of benzene rings is 3. The number of carboxylic acid groups (broad SMARTS) is 1. The minimum Gasteiger partial charge on any atom is -0.478 e. The molecule has 3 aromatic carbocycles. The quantitative estimate of drug-likeness (QED) is 0.242. The van der Waals surface area contributed by atoms with Gasteiger partial charge in [-0.1, -0.05) is 19.9 Å². The Kier molecular flexibility index (Phi) is 8.27. The number of hydrogen-bond donors (Lipinski definition) is 3. The van der Waals surface area contributed by atoms with Gasteiger partial charge >= 0.3 is 12.0 Å². The minimum absolute atomic E-state index is 0.315. The molecule has 0 atom stereocenters. The van der Waals surface area contributed by atoms with E-state index in [4.69, 9.17) is 14.2 Å². The number of carbonyl (C=O) groups excluding carboxylic acids is 1. The number of nitrogens with one attached hydrogen (secondary N) is 1. The zero-order valence-corrected chi connectivity index (χ0v) is 23.6. The molecule has 1 heterocycles. The van der Waals surface area contributed by atoms with Crippen molar-refractivity contribution in [1.29, 1.82) is 0 Å². The molecule has 0 aromatic heterocycles. The van der Waals surface area contributed by atoms with Gasteiger partial charge in [0.1, 0.15) is 34.6 Å². The Hall–Kier alpha value is -4.31. The molecule has 9 nitrogen and oxygen atoms in total. The first-order valence-corrected chi connectivity index (χ1v) is 14.1. The fourth-order valence-corrected chi connectivity index (χ4v) is 5.13. The van der Waals surface area contributed by atoms with Gasteiger partial charge in [0, 0.05) is 55.9 Å². The molecule has 222 valence electrons. The lowest BCUT2D eigenvalue weighted by atomic mass is 9.84. The van der Waals surface area contributed by atoms with Crippen molar-refractivity contribution < 1.29 is 38.4 Å². The average Bonchev–Trinajstić information content (AvgIpc) is 3.71. The van der Waals surface area contributed by atoms with Crippen molar-refractivity contribution in [3.05, 3.63) is 72.5 Å². The molecule has 42 heavy (non-hydrogen) atoms. The summed E-state index contributed by atoms with van der Waals surface area (Å²) in [6.07, 6.45) is 2.57. The Morgan fingerprint density at radius 1 is 0.881 bits per heavy atom. The lowest BCUT2D eigenvalue weighted by Crippen LogP contribution is -2.48. The van der Waals surface area contributed by atoms with Gasteiger partial charge in [0.25, 0.3) is 0 Å². The molecule has 1 aliphatic heterocycles. The number of rotatable bonds is 10. The summed E-state index contributed by atoms with van der Waals surface area (Å²) in [5, 5.41) is 23.2. The summed E-state index contributed by atoms with van der Waals surface area (Å²) >= 11 is 0. The fraction of sp³-hybridized carbons (Fsp3) is 0.375. The molecule has 2 aliphatic rings. The van der Waals surface area contributed by atoms with Crippen molar-refractivity contribution in [3.8, 4) is 28.7 Å². The molecule has 1 aliphatic carbocycles. The highest BCUT2D eigenvalue weighted by Crippen LogP contribution is 2.41. The Morgan fingerprint density at radius 3 is 2.07 bits per heavy atom. The maximum absolute atomic E-state index is 13.4. The van der Waals surface area contributed by atoms with Gasteiger partial charge in [-0.15, -0.1) is 0 Å². The molecule has 1 saturated heterocycles. The molecule has 1 saturated carbocycles. The van der Waals surface area contributed by atoms with E-state index in [0.29, 0.717) is 85.5 Å². The largest absolute Gasteiger partial charge is 0.478 e. The van der Waals surface area contributed by atoms with Crippen molar-refractivity contribution in [2.45, 2.75) is 57.2 Å². The van der Waals surface area contributed by atoms with Crippen LogP contribution in [0.3, 0.4) is 0 Å². The third-order valence-electron chi connectivity index (χ3n) is 7.40. The Morgan fingerprint density at radius 2 is 1.48 bits per heavy atom. The fourth-order valence-electron chi connectivity index (χ4n) is 5.13. The summed E-state index contributed by atoms with van der Waals surface area (Å²) in [6.45, 7) is 4.99. The van der Waals surface area contributed by atoms with E-state index >= 15 is 0 Å². The highest BCUT2D eigenvalue weighted by Gasteiger charge is 2.53. The normalized spacial score (nSPS) is 16.9. The number of ether oxygens (including phenoxy) is 3. The van der Waals surface area contributed by atoms with Crippen molar-refractivity contribution >= 4 is 17.7 Å². The first kappa shape index (κ1) is 29.2. The van der Waals surface area contributed by atoms with Crippen molar-refractivity contribution in [3.63, 3.8) is 0 Å². The maximum Gasteiger partial charge on any atom is 0.348 e. The molecule has 2 fully saturated rings. The van der Waals surface area contributed by atoms with Gasteiger partial charge < -0.3 is 34.6 Å². The van der Waals surface area contributed by atoms with Gasteiger partial charge in [0.05, 0.1) is 5.60 Å². The standard InChI is InChI=1S/C32H35FN2O7/c1-21(2)20-31(39)12-14-35(15-13-31)30(38)34-23-16-27(40-24-8-6-22(33)7-9-24)19-28(17-23)41-25-4-3-5-26(18-25)42-32(10-11-32)29(36)37/h3-9,16-19,21,39H,10-15,20H2,1-2H3,(H,34,38)(H,36,37). The number of amides is 2. The van der Waals surface area contributed by atoms with Gasteiger partial charge in [-0.2, -0.15) is 0 Å². The van der Waals surface area contributed by atoms with E-state index in [0.717, 1.165) is 0 Å². The second kappa shape index (κ2) is 11.9. The van der Waals surface area contributed by atoms with Crippen LogP contribution in [0.4, 0.5) is 14.9 Å². The summed E-state index contributed by atoms with van der Waals surface area (Å²) in [4.78, 5) is 26.4. The smallest absolute Gasteiger partial charge is 0.348 e. The molecular formula is C32H35FN2O7. The third-order valence-corrected chi connectivity index (χ3v) is 7.40. The van der Waals surface area contributed by atoms with Crippen LogP contribution >= 0.6 is 0 Å². The summed E-state index contributed by atoms with van der Waals surface area (Å²) in [7, 11) is 0. The average molecular weight is 579 g/mol. The molecule has 10 heteroatoms. The maximum atomic E-state index is 13.4. The number of nitrogens with zero attached hydrogens (tertiary/aromatic N) is 1. The molecule has 3 aromatic rings. The van der Waals surface area contributed by atoms with Crippen LogP contribution in [-0.2, 0) is 4.79 Å². The van der Waals surface area contributed by atoms with Crippen molar-refractivity contribution in [2.75, 3.05) is 18.4 Å². The van der Waals surface area contributed by atoms with Gasteiger partial charge in [0.2, 0.25) is 5.60 Å². The predicted molar refractivity (Wildman–Crippen MR) is 154 cm³/mol. The summed E-state index contributed by atoms with van der Waals surface area (Å²) in [6, 6.07) is 16.8. The highest BCUT2D eigenvalue weighted by atomic mass is 19.1. The van der Waals surface area contributed by atoms with E-state index in [1.165, 1.54) is 24.3 Å². The van der Waals surface area contributed by atoms with Crippen LogP contribution in [0.25, 0.3) is 0 Å². The van der Waals surface area contributed by atoms with Crippen LogP contribution in [0.15, 0.2) is 66.7 Å². The number of anilines is 1. The Labute approximate surface area is 243 Å². The summed E-state index contributed by atoms with van der Waals surface area (Å²) in [5.41, 5.74) is -1.55. The number of carboxylic acids is 1. The molecule has 2 amide bonds. The van der Waals surface area contributed by atoms with Crippen LogP contribution in [-0.4, -0.2) is 51.4 Å². The zero-order valence-electron chi connectivity index (χ0n) is 23.6. The van der Waals surface area contributed by atoms with E-state index in [1.807, 2.05) is 0 Å². The van der Waals surface area contributed by atoms with Crippen LogP contribution in [0.5, 0.6) is 28.7 Å². The van der Waals surface area contributed by atoms with Crippen LogP contribution in [0.1, 0.15) is 46.0 Å². The molecule has 0 spiro atoms. The van der Waals surface area contributed by atoms with E-state index in [2.05, 4.69) is 19.2 Å². The second-order valence-electron chi connectivity index (χ2n) is 11.5. The number of hydrogen-bond acceptors (Lipinski definition) is 6. The van der Waals surface area contributed by atoms with Crippen molar-refractivity contribution in [2.24, 2.45) is 5.92 Å². The molecule has 0 radical (unpaired) electrons. The summed E-state index contributed by atoms with van der Waals surface area (Å²) in [5.74, 6) is 0.792. The number of urea groups is 1. The molecule has 0 unspecified atom stereocenters. The molecule has 0 bridgehead atoms. The summed E-state index contributed by atoms with van der Waals surface area (Å²) < 4.78 is 31.2.